The second-order valence-corrected chi connectivity index (χ2v) is 4.60. The van der Waals surface area contributed by atoms with Crippen molar-refractivity contribution >= 4 is 11.8 Å². The van der Waals surface area contributed by atoms with Crippen LogP contribution in [-0.2, 0) is 4.79 Å². The molecule has 2 N–H and O–H groups in total. The molecule has 0 radical (unpaired) electrons. The van der Waals surface area contributed by atoms with Crippen molar-refractivity contribution in [3.63, 3.8) is 0 Å². The summed E-state index contributed by atoms with van der Waals surface area (Å²) in [5.41, 5.74) is 1.61. The van der Waals surface area contributed by atoms with Crippen LogP contribution in [0.1, 0.15) is 23.7 Å². The van der Waals surface area contributed by atoms with Crippen molar-refractivity contribution in [1.29, 1.82) is 0 Å². The zero-order valence-electron chi connectivity index (χ0n) is 12.0. The van der Waals surface area contributed by atoms with E-state index in [-0.39, 0.29) is 11.8 Å². The van der Waals surface area contributed by atoms with Crippen LogP contribution in [0.4, 0.5) is 0 Å². The largest absolute Gasteiger partial charge is 0.354 e. The number of hydrogen-bond donors (Lipinski definition) is 2. The molecule has 0 atom stereocenters. The summed E-state index contributed by atoms with van der Waals surface area (Å²) in [7, 11) is 0. The Bertz CT molecular complexity index is 588. The van der Waals surface area contributed by atoms with Crippen LogP contribution in [0.3, 0.4) is 0 Å². The number of hydrogen-bond acceptors (Lipinski definition) is 2. The molecule has 0 unspecified atom stereocenters. The lowest BCUT2D eigenvalue weighted by Gasteiger charge is -2.07. The van der Waals surface area contributed by atoms with Gasteiger partial charge in [-0.25, -0.2) is 0 Å². The molecule has 2 amide bonds. The molecule has 1 heterocycles. The summed E-state index contributed by atoms with van der Waals surface area (Å²) in [5.74, 6) is -0.153. The number of amides is 2. The predicted octanol–water partition coefficient (Wildman–Crippen LogP) is 1.73. The first-order chi connectivity index (χ1) is 10.2. The van der Waals surface area contributed by atoms with Crippen LogP contribution < -0.4 is 10.6 Å². The molecule has 0 aliphatic heterocycles. The molecular formula is C16H19N3O2. The molecule has 0 bridgehead atoms. The number of benzene rings is 1. The van der Waals surface area contributed by atoms with Crippen LogP contribution in [0, 0.1) is 0 Å². The number of nitrogens with zero attached hydrogens (tertiary/aromatic N) is 1. The van der Waals surface area contributed by atoms with E-state index in [1.807, 2.05) is 41.2 Å². The molecule has 5 heteroatoms. The lowest BCUT2D eigenvalue weighted by atomic mass is 10.2. The third-order valence-electron chi connectivity index (χ3n) is 3.09. The van der Waals surface area contributed by atoms with Gasteiger partial charge in [-0.3, -0.25) is 9.59 Å². The molecule has 110 valence electrons. The van der Waals surface area contributed by atoms with Crippen LogP contribution in [0.5, 0.6) is 0 Å². The number of aromatic nitrogens is 1. The van der Waals surface area contributed by atoms with E-state index in [9.17, 15) is 9.59 Å². The van der Waals surface area contributed by atoms with Crippen molar-refractivity contribution in [1.82, 2.24) is 15.2 Å². The van der Waals surface area contributed by atoms with Crippen LogP contribution in [-0.4, -0.2) is 29.5 Å². The van der Waals surface area contributed by atoms with Crippen LogP contribution in [0.25, 0.3) is 5.69 Å². The minimum atomic E-state index is -0.139. The van der Waals surface area contributed by atoms with Crippen LogP contribution in [0.2, 0.25) is 0 Å². The van der Waals surface area contributed by atoms with Gasteiger partial charge in [0.05, 0.1) is 0 Å². The van der Waals surface area contributed by atoms with Gasteiger partial charge in [0.25, 0.3) is 5.91 Å². The highest BCUT2D eigenvalue weighted by Gasteiger charge is 2.05. The first-order valence-electron chi connectivity index (χ1n) is 6.99. The fraction of sp³-hybridized carbons (Fsp3) is 0.250. The van der Waals surface area contributed by atoms with Crippen molar-refractivity contribution in [2.45, 2.75) is 13.3 Å². The van der Waals surface area contributed by atoms with Crippen molar-refractivity contribution in [3.05, 3.63) is 54.4 Å². The van der Waals surface area contributed by atoms with Gasteiger partial charge in [0.15, 0.2) is 0 Å². The Morgan fingerprint density at radius 2 is 1.62 bits per heavy atom. The molecule has 0 aliphatic carbocycles. The molecule has 0 saturated carbocycles. The number of rotatable bonds is 6. The minimum Gasteiger partial charge on any atom is -0.354 e. The van der Waals surface area contributed by atoms with Gasteiger partial charge in [-0.05, 0) is 36.4 Å². The minimum absolute atomic E-state index is 0.0136. The Balaban J connectivity index is 1.84. The molecular weight excluding hydrogens is 266 g/mol. The summed E-state index contributed by atoms with van der Waals surface area (Å²) in [6.07, 6.45) is 4.35. The molecule has 2 aromatic rings. The van der Waals surface area contributed by atoms with E-state index in [1.54, 1.807) is 19.1 Å². The highest BCUT2D eigenvalue weighted by Crippen LogP contribution is 2.09. The summed E-state index contributed by atoms with van der Waals surface area (Å²) in [4.78, 5) is 23.0. The Morgan fingerprint density at radius 1 is 1.00 bits per heavy atom. The topological polar surface area (TPSA) is 63.1 Å². The van der Waals surface area contributed by atoms with E-state index in [0.29, 0.717) is 25.1 Å². The van der Waals surface area contributed by atoms with E-state index in [4.69, 9.17) is 0 Å². The highest BCUT2D eigenvalue weighted by molar-refractivity contribution is 5.94. The van der Waals surface area contributed by atoms with E-state index >= 15 is 0 Å². The van der Waals surface area contributed by atoms with Crippen LogP contribution >= 0.6 is 0 Å². The smallest absolute Gasteiger partial charge is 0.251 e. The zero-order chi connectivity index (χ0) is 15.1. The fourth-order valence-electron chi connectivity index (χ4n) is 1.90. The normalized spacial score (nSPS) is 10.1. The second-order valence-electron chi connectivity index (χ2n) is 4.60. The molecule has 0 spiro atoms. The first-order valence-corrected chi connectivity index (χ1v) is 6.99. The van der Waals surface area contributed by atoms with Crippen molar-refractivity contribution in [3.8, 4) is 5.69 Å². The number of nitrogens with one attached hydrogen (secondary N) is 2. The quantitative estimate of drug-likeness (QED) is 0.794. The predicted molar refractivity (Wildman–Crippen MR) is 81.4 cm³/mol. The fourth-order valence-corrected chi connectivity index (χ4v) is 1.90. The first kappa shape index (κ1) is 14.8. The second kappa shape index (κ2) is 7.28. The Kier molecular flexibility index (Phi) is 5.15. The Hall–Kier alpha value is -2.56. The molecule has 5 nitrogen and oxygen atoms in total. The lowest BCUT2D eigenvalue weighted by Crippen LogP contribution is -2.34. The average molecular weight is 285 g/mol. The third kappa shape index (κ3) is 4.21. The van der Waals surface area contributed by atoms with Gasteiger partial charge in [-0.2, -0.15) is 0 Å². The van der Waals surface area contributed by atoms with E-state index < -0.39 is 0 Å². The van der Waals surface area contributed by atoms with Gasteiger partial charge in [-0.1, -0.05) is 6.92 Å². The average Bonchev–Trinajstić information content (AvgIpc) is 3.05. The standard InChI is InChI=1S/C16H19N3O2/c1-2-15(20)17-9-10-18-16(21)13-5-7-14(8-6-13)19-11-3-4-12-19/h3-8,11-12H,2,9-10H2,1H3,(H,17,20)(H,18,21). The Morgan fingerprint density at radius 3 is 2.24 bits per heavy atom. The maximum absolute atomic E-state index is 11.9. The van der Waals surface area contributed by atoms with Gasteiger partial charge in [0.1, 0.15) is 0 Å². The molecule has 0 fully saturated rings. The molecule has 0 aliphatic rings. The molecule has 0 saturated heterocycles. The summed E-state index contributed by atoms with van der Waals surface area (Å²) >= 11 is 0. The molecule has 1 aromatic carbocycles. The van der Waals surface area contributed by atoms with E-state index in [1.165, 1.54) is 0 Å². The van der Waals surface area contributed by atoms with E-state index in [0.717, 1.165) is 5.69 Å². The van der Waals surface area contributed by atoms with Crippen LogP contribution in [0.15, 0.2) is 48.8 Å². The monoisotopic (exact) mass is 285 g/mol. The summed E-state index contributed by atoms with van der Waals surface area (Å²) in [6, 6.07) is 11.3. The van der Waals surface area contributed by atoms with Gasteiger partial charge in [-0.15, -0.1) is 0 Å². The molecule has 2 rings (SSSR count). The number of carbonyl (C=O) groups excluding carboxylic acids is 2. The molecule has 21 heavy (non-hydrogen) atoms. The maximum Gasteiger partial charge on any atom is 0.251 e. The SMILES string of the molecule is CCC(=O)NCCNC(=O)c1ccc(-n2cccc2)cc1. The van der Waals surface area contributed by atoms with Gasteiger partial charge in [0.2, 0.25) is 5.91 Å². The van der Waals surface area contributed by atoms with Gasteiger partial charge in [0, 0.05) is 43.2 Å². The molecule has 1 aromatic heterocycles. The van der Waals surface area contributed by atoms with Crippen molar-refractivity contribution in [2.75, 3.05) is 13.1 Å². The number of carbonyl (C=O) groups is 2. The van der Waals surface area contributed by atoms with Gasteiger partial charge < -0.3 is 15.2 Å². The zero-order valence-corrected chi connectivity index (χ0v) is 12.0. The van der Waals surface area contributed by atoms with Crippen molar-refractivity contribution in [2.24, 2.45) is 0 Å². The Labute approximate surface area is 124 Å². The summed E-state index contributed by atoms with van der Waals surface area (Å²) in [6.45, 7) is 2.66. The maximum atomic E-state index is 11.9. The summed E-state index contributed by atoms with van der Waals surface area (Å²) in [5, 5.41) is 5.48. The van der Waals surface area contributed by atoms with Gasteiger partial charge >= 0.3 is 0 Å². The lowest BCUT2D eigenvalue weighted by molar-refractivity contribution is -0.120. The summed E-state index contributed by atoms with van der Waals surface area (Å²) < 4.78 is 1.97. The third-order valence-corrected chi connectivity index (χ3v) is 3.09. The van der Waals surface area contributed by atoms with Crippen molar-refractivity contribution < 1.29 is 9.59 Å². The highest BCUT2D eigenvalue weighted by atomic mass is 16.2. The van der Waals surface area contributed by atoms with E-state index in [2.05, 4.69) is 10.6 Å².